The number of nitrogens with two attached hydrogens (primary N) is 2. The molecule has 6 rings (SSSR count). The highest BCUT2D eigenvalue weighted by molar-refractivity contribution is 5.80. The SMILES string of the molecule is C=C(OC1CCC2(C)C(=CCC3C2CCC2(C)C(n4cnc5ccccc54)=CCC32)C1)C(N)CCCN. The summed E-state index contributed by atoms with van der Waals surface area (Å²) in [6, 6.07) is 8.42. The zero-order valence-corrected chi connectivity index (χ0v) is 22.7. The predicted octanol–water partition coefficient (Wildman–Crippen LogP) is 6.42. The monoisotopic (exact) mass is 500 g/mol. The van der Waals surface area contributed by atoms with E-state index in [1.54, 1.807) is 5.57 Å². The van der Waals surface area contributed by atoms with Crippen LogP contribution < -0.4 is 11.5 Å². The van der Waals surface area contributed by atoms with Crippen LogP contribution in [-0.2, 0) is 4.74 Å². The first-order chi connectivity index (χ1) is 17.8. The van der Waals surface area contributed by atoms with E-state index in [0.717, 1.165) is 48.8 Å². The lowest BCUT2D eigenvalue weighted by atomic mass is 9.47. The van der Waals surface area contributed by atoms with E-state index in [9.17, 15) is 0 Å². The van der Waals surface area contributed by atoms with Crippen molar-refractivity contribution in [2.24, 2.45) is 40.1 Å². The van der Waals surface area contributed by atoms with Crippen LogP contribution in [0.15, 0.2) is 60.7 Å². The number of imidazole rings is 1. The molecule has 0 radical (unpaired) electrons. The van der Waals surface area contributed by atoms with Gasteiger partial charge in [0, 0.05) is 17.5 Å². The van der Waals surface area contributed by atoms with Crippen LogP contribution in [0.2, 0.25) is 0 Å². The van der Waals surface area contributed by atoms with Crippen molar-refractivity contribution >= 4 is 16.7 Å². The first-order valence-electron chi connectivity index (χ1n) is 14.5. The normalized spacial score (nSPS) is 35.7. The molecule has 0 bridgehead atoms. The third-order valence-electron chi connectivity index (χ3n) is 10.8. The Morgan fingerprint density at radius 3 is 2.78 bits per heavy atom. The summed E-state index contributed by atoms with van der Waals surface area (Å²) in [5, 5.41) is 0. The van der Waals surface area contributed by atoms with E-state index in [2.05, 4.69) is 61.4 Å². The van der Waals surface area contributed by atoms with Gasteiger partial charge >= 0.3 is 0 Å². The molecule has 4 N–H and O–H groups in total. The molecule has 2 saturated carbocycles. The number of ether oxygens (including phenoxy) is 1. The minimum Gasteiger partial charge on any atom is -0.493 e. The smallest absolute Gasteiger partial charge is 0.106 e. The third-order valence-corrected chi connectivity index (χ3v) is 10.8. The number of nitrogens with zero attached hydrogens (tertiary/aromatic N) is 2. The van der Waals surface area contributed by atoms with Crippen LogP contribution in [0.5, 0.6) is 0 Å². The van der Waals surface area contributed by atoms with Crippen LogP contribution >= 0.6 is 0 Å². The summed E-state index contributed by atoms with van der Waals surface area (Å²) in [4.78, 5) is 4.71. The molecule has 5 nitrogen and oxygen atoms in total. The molecular weight excluding hydrogens is 456 g/mol. The zero-order chi connectivity index (χ0) is 25.8. The molecule has 2 aromatic rings. The number of aromatic nitrogens is 2. The predicted molar refractivity (Wildman–Crippen MR) is 151 cm³/mol. The molecule has 1 heterocycles. The number of hydrogen-bond acceptors (Lipinski definition) is 4. The molecule has 1 aromatic heterocycles. The van der Waals surface area contributed by atoms with Gasteiger partial charge in [-0.2, -0.15) is 0 Å². The highest BCUT2D eigenvalue weighted by Crippen LogP contribution is 2.65. The molecule has 0 aliphatic heterocycles. The van der Waals surface area contributed by atoms with Crippen molar-refractivity contribution in [3.63, 3.8) is 0 Å². The van der Waals surface area contributed by atoms with Crippen molar-refractivity contribution < 1.29 is 4.74 Å². The Morgan fingerprint density at radius 2 is 1.95 bits per heavy atom. The molecule has 4 aliphatic carbocycles. The van der Waals surface area contributed by atoms with E-state index in [-0.39, 0.29) is 23.0 Å². The number of benzene rings is 1. The summed E-state index contributed by atoms with van der Waals surface area (Å²) in [5.41, 5.74) is 17.9. The van der Waals surface area contributed by atoms with Gasteiger partial charge in [0.25, 0.3) is 0 Å². The maximum Gasteiger partial charge on any atom is 0.106 e. The van der Waals surface area contributed by atoms with E-state index >= 15 is 0 Å². The summed E-state index contributed by atoms with van der Waals surface area (Å²) in [6.07, 6.45) is 17.4. The van der Waals surface area contributed by atoms with Crippen LogP contribution in [0.4, 0.5) is 0 Å². The number of para-hydroxylation sites is 2. The molecule has 0 saturated heterocycles. The molecule has 0 spiro atoms. The first kappa shape index (κ1) is 24.9. The fourth-order valence-electron chi connectivity index (χ4n) is 8.60. The quantitative estimate of drug-likeness (QED) is 0.340. The molecule has 4 aliphatic rings. The van der Waals surface area contributed by atoms with E-state index in [0.29, 0.717) is 12.5 Å². The molecule has 2 fully saturated rings. The molecule has 7 atom stereocenters. The molecule has 5 heteroatoms. The Kier molecular flexibility index (Phi) is 6.35. The van der Waals surface area contributed by atoms with Crippen LogP contribution in [-0.4, -0.2) is 28.2 Å². The lowest BCUT2D eigenvalue weighted by molar-refractivity contribution is -0.0303. The van der Waals surface area contributed by atoms with Gasteiger partial charge in [0.1, 0.15) is 18.2 Å². The summed E-state index contributed by atoms with van der Waals surface area (Å²) < 4.78 is 8.72. The highest BCUT2D eigenvalue weighted by Gasteiger charge is 2.57. The van der Waals surface area contributed by atoms with Gasteiger partial charge in [-0.3, -0.25) is 0 Å². The van der Waals surface area contributed by atoms with Gasteiger partial charge in [0.2, 0.25) is 0 Å². The fourth-order valence-corrected chi connectivity index (χ4v) is 8.60. The van der Waals surface area contributed by atoms with Crippen molar-refractivity contribution in [3.8, 4) is 0 Å². The van der Waals surface area contributed by atoms with E-state index in [1.165, 1.54) is 43.3 Å². The number of fused-ring (bicyclic) bond motifs is 6. The van der Waals surface area contributed by atoms with E-state index < -0.39 is 0 Å². The first-order valence-corrected chi connectivity index (χ1v) is 14.5. The van der Waals surface area contributed by atoms with Crippen LogP contribution in [0.25, 0.3) is 16.7 Å². The van der Waals surface area contributed by atoms with Crippen molar-refractivity contribution in [3.05, 3.63) is 60.7 Å². The molecule has 0 amide bonds. The standard InChI is InChI=1S/C32H44N4O/c1-21(27(34)7-6-18-33)37-23-14-16-31(2)22(19-23)10-11-24-25-12-13-30(32(25,3)17-15-26(24)31)36-20-35-28-8-4-5-9-29(28)36/h4-5,8-10,13,20,23-27H,1,6-7,11-12,14-19,33-34H2,2-3H3. The fraction of sp³-hybridized carbons (Fsp3) is 0.594. The van der Waals surface area contributed by atoms with Gasteiger partial charge in [-0.15, -0.1) is 0 Å². The second-order valence-electron chi connectivity index (χ2n) is 12.6. The maximum atomic E-state index is 6.34. The van der Waals surface area contributed by atoms with Gasteiger partial charge in [0.05, 0.1) is 17.1 Å². The van der Waals surface area contributed by atoms with Crippen molar-refractivity contribution in [1.82, 2.24) is 9.55 Å². The van der Waals surface area contributed by atoms with Crippen molar-refractivity contribution in [2.75, 3.05) is 6.54 Å². The Hall–Kier alpha value is -2.37. The van der Waals surface area contributed by atoms with Crippen LogP contribution in [0, 0.1) is 28.6 Å². The minimum atomic E-state index is -0.116. The number of rotatable bonds is 7. The van der Waals surface area contributed by atoms with Gasteiger partial charge in [0.15, 0.2) is 0 Å². The molecule has 7 unspecified atom stereocenters. The molecule has 1 aromatic carbocycles. The number of hydrogen-bond donors (Lipinski definition) is 2. The van der Waals surface area contributed by atoms with Crippen molar-refractivity contribution in [1.29, 1.82) is 0 Å². The second kappa shape index (κ2) is 9.43. The van der Waals surface area contributed by atoms with Crippen LogP contribution in [0.3, 0.4) is 0 Å². The summed E-state index contributed by atoms with van der Waals surface area (Å²) >= 11 is 0. The average Bonchev–Trinajstić information content (AvgIpc) is 3.47. The van der Waals surface area contributed by atoms with Gasteiger partial charge in [-0.1, -0.05) is 50.3 Å². The van der Waals surface area contributed by atoms with Gasteiger partial charge < -0.3 is 20.8 Å². The lowest BCUT2D eigenvalue weighted by Crippen LogP contribution is -2.50. The van der Waals surface area contributed by atoms with Crippen molar-refractivity contribution in [2.45, 2.75) is 83.8 Å². The summed E-state index contributed by atoms with van der Waals surface area (Å²) in [7, 11) is 0. The van der Waals surface area contributed by atoms with E-state index in [1.807, 2.05) is 6.33 Å². The third kappa shape index (κ3) is 4.01. The highest BCUT2D eigenvalue weighted by atomic mass is 16.5. The average molecular weight is 501 g/mol. The molecule has 198 valence electrons. The Morgan fingerprint density at radius 1 is 1.14 bits per heavy atom. The Labute approximate surface area is 222 Å². The summed E-state index contributed by atoms with van der Waals surface area (Å²) in [6.45, 7) is 9.91. The minimum absolute atomic E-state index is 0.116. The topological polar surface area (TPSA) is 79.1 Å². The number of allylic oxidation sites excluding steroid dienone is 3. The molecular formula is C32H44N4O. The second-order valence-corrected chi connectivity index (χ2v) is 12.6. The van der Waals surface area contributed by atoms with Crippen LogP contribution in [0.1, 0.15) is 71.6 Å². The largest absolute Gasteiger partial charge is 0.493 e. The lowest BCUT2D eigenvalue weighted by Gasteiger charge is -2.57. The zero-order valence-electron chi connectivity index (χ0n) is 22.7. The van der Waals surface area contributed by atoms with Gasteiger partial charge in [-0.25, -0.2) is 4.98 Å². The Balaban J connectivity index is 1.19. The maximum absolute atomic E-state index is 6.34. The Bertz CT molecular complexity index is 1240. The van der Waals surface area contributed by atoms with Gasteiger partial charge in [-0.05, 0) is 93.2 Å². The van der Waals surface area contributed by atoms with E-state index in [4.69, 9.17) is 21.2 Å². The summed E-state index contributed by atoms with van der Waals surface area (Å²) in [5.74, 6) is 2.94. The molecule has 37 heavy (non-hydrogen) atoms.